The Hall–Kier alpha value is -3.52. The summed E-state index contributed by atoms with van der Waals surface area (Å²) in [6, 6.07) is 15.2. The van der Waals surface area contributed by atoms with Gasteiger partial charge in [0.1, 0.15) is 0 Å². The molecule has 0 unspecified atom stereocenters. The average molecular weight is 405 g/mol. The van der Waals surface area contributed by atoms with E-state index in [1.807, 2.05) is 53.4 Å². The molecule has 8 nitrogen and oxygen atoms in total. The molecule has 1 amide bonds. The molecule has 2 aliphatic rings. The third-order valence-corrected chi connectivity index (χ3v) is 5.46. The molecule has 30 heavy (non-hydrogen) atoms. The standard InChI is InChI=1S/C22H23N5O3/c1-26-8-10-27(11-9-26)22(28)15-2-5-17(6-3-15)23-21-13-18(24-25-21)16-4-7-19-20(12-16)30-14-29-19/h2-7,12-13H,8-11,14H2,1H3,(H2,23,24,25). The maximum Gasteiger partial charge on any atom is 0.253 e. The third-order valence-electron chi connectivity index (χ3n) is 5.46. The Balaban J connectivity index is 1.25. The number of hydrogen-bond donors (Lipinski definition) is 2. The molecule has 0 bridgehead atoms. The van der Waals surface area contributed by atoms with Gasteiger partial charge in [-0.05, 0) is 49.5 Å². The van der Waals surface area contributed by atoms with E-state index in [4.69, 9.17) is 9.47 Å². The van der Waals surface area contributed by atoms with Gasteiger partial charge < -0.3 is 24.6 Å². The van der Waals surface area contributed by atoms with Crippen molar-refractivity contribution in [3.05, 3.63) is 54.1 Å². The van der Waals surface area contributed by atoms with Gasteiger partial charge in [-0.2, -0.15) is 5.10 Å². The number of hydrogen-bond acceptors (Lipinski definition) is 6. The highest BCUT2D eigenvalue weighted by Gasteiger charge is 2.20. The molecule has 0 atom stereocenters. The summed E-state index contributed by atoms with van der Waals surface area (Å²) in [5, 5.41) is 10.6. The third kappa shape index (κ3) is 3.69. The number of fused-ring (bicyclic) bond motifs is 1. The van der Waals surface area contributed by atoms with Gasteiger partial charge in [0.25, 0.3) is 5.91 Å². The number of aromatic nitrogens is 2. The van der Waals surface area contributed by atoms with Gasteiger partial charge in [0.05, 0.1) is 5.69 Å². The van der Waals surface area contributed by atoms with Crippen LogP contribution in [0.2, 0.25) is 0 Å². The quantitative estimate of drug-likeness (QED) is 0.695. The number of likely N-dealkylation sites (N-methyl/N-ethyl adjacent to an activating group) is 1. The summed E-state index contributed by atoms with van der Waals surface area (Å²) in [7, 11) is 2.08. The predicted octanol–water partition coefficient (Wildman–Crippen LogP) is 2.94. The number of piperazine rings is 1. The molecule has 1 saturated heterocycles. The molecule has 3 heterocycles. The highest BCUT2D eigenvalue weighted by molar-refractivity contribution is 5.94. The lowest BCUT2D eigenvalue weighted by molar-refractivity contribution is 0.0664. The topological polar surface area (TPSA) is 82.7 Å². The maximum atomic E-state index is 12.7. The van der Waals surface area contributed by atoms with Crippen molar-refractivity contribution in [1.29, 1.82) is 0 Å². The second kappa shape index (κ2) is 7.72. The number of carbonyl (C=O) groups excluding carboxylic acids is 1. The maximum absolute atomic E-state index is 12.7. The molecule has 2 aromatic carbocycles. The van der Waals surface area contributed by atoms with E-state index in [9.17, 15) is 4.79 Å². The van der Waals surface area contributed by atoms with Crippen LogP contribution in [0.4, 0.5) is 11.5 Å². The van der Waals surface area contributed by atoms with Gasteiger partial charge in [-0.1, -0.05) is 0 Å². The summed E-state index contributed by atoms with van der Waals surface area (Å²) in [5.41, 5.74) is 3.41. The number of amides is 1. The van der Waals surface area contributed by atoms with Crippen molar-refractivity contribution in [3.8, 4) is 22.8 Å². The first kappa shape index (κ1) is 18.5. The number of benzene rings is 2. The second-order valence-electron chi connectivity index (χ2n) is 7.53. The molecule has 0 spiro atoms. The zero-order valence-electron chi connectivity index (χ0n) is 16.7. The minimum absolute atomic E-state index is 0.0829. The Morgan fingerprint density at radius 2 is 1.77 bits per heavy atom. The summed E-state index contributed by atoms with van der Waals surface area (Å²) >= 11 is 0. The Kier molecular flexibility index (Phi) is 4.76. The molecule has 1 fully saturated rings. The molecule has 3 aromatic rings. The lowest BCUT2D eigenvalue weighted by Crippen LogP contribution is -2.47. The monoisotopic (exact) mass is 405 g/mol. The molecule has 0 radical (unpaired) electrons. The number of aromatic amines is 1. The van der Waals surface area contributed by atoms with Crippen molar-refractivity contribution >= 4 is 17.4 Å². The number of rotatable bonds is 4. The molecular formula is C22H23N5O3. The van der Waals surface area contributed by atoms with Crippen LogP contribution in [-0.2, 0) is 0 Å². The van der Waals surface area contributed by atoms with Crippen LogP contribution in [0.1, 0.15) is 10.4 Å². The highest BCUT2D eigenvalue weighted by atomic mass is 16.7. The van der Waals surface area contributed by atoms with E-state index in [1.165, 1.54) is 0 Å². The first-order valence-electron chi connectivity index (χ1n) is 9.96. The van der Waals surface area contributed by atoms with Crippen LogP contribution in [0.5, 0.6) is 11.5 Å². The highest BCUT2D eigenvalue weighted by Crippen LogP contribution is 2.35. The fraction of sp³-hybridized carbons (Fsp3) is 0.273. The van der Waals surface area contributed by atoms with Crippen molar-refractivity contribution in [3.63, 3.8) is 0 Å². The lowest BCUT2D eigenvalue weighted by Gasteiger charge is -2.32. The first-order chi connectivity index (χ1) is 14.7. The van der Waals surface area contributed by atoms with Crippen molar-refractivity contribution < 1.29 is 14.3 Å². The Morgan fingerprint density at radius 1 is 1.00 bits per heavy atom. The van der Waals surface area contributed by atoms with Crippen LogP contribution in [0.15, 0.2) is 48.5 Å². The fourth-order valence-electron chi connectivity index (χ4n) is 3.63. The summed E-state index contributed by atoms with van der Waals surface area (Å²) in [6.45, 7) is 3.62. The van der Waals surface area contributed by atoms with E-state index in [-0.39, 0.29) is 12.7 Å². The van der Waals surface area contributed by atoms with E-state index in [0.717, 1.165) is 54.6 Å². The largest absolute Gasteiger partial charge is 0.454 e. The van der Waals surface area contributed by atoms with Crippen molar-refractivity contribution in [1.82, 2.24) is 20.0 Å². The van der Waals surface area contributed by atoms with E-state index >= 15 is 0 Å². The summed E-state index contributed by atoms with van der Waals surface area (Å²) in [4.78, 5) is 16.8. The zero-order chi connectivity index (χ0) is 20.5. The van der Waals surface area contributed by atoms with Gasteiger partial charge >= 0.3 is 0 Å². The summed E-state index contributed by atoms with van der Waals surface area (Å²) in [6.07, 6.45) is 0. The van der Waals surface area contributed by atoms with Crippen LogP contribution in [0.3, 0.4) is 0 Å². The average Bonchev–Trinajstić information content (AvgIpc) is 3.43. The van der Waals surface area contributed by atoms with Gasteiger partial charge in [0, 0.05) is 49.1 Å². The lowest BCUT2D eigenvalue weighted by atomic mass is 10.1. The second-order valence-corrected chi connectivity index (χ2v) is 7.53. The molecule has 2 aliphatic heterocycles. The molecule has 0 aliphatic carbocycles. The first-order valence-corrected chi connectivity index (χ1v) is 9.96. The number of ether oxygens (including phenoxy) is 2. The normalized spacial score (nSPS) is 16.0. The van der Waals surface area contributed by atoms with E-state index in [1.54, 1.807) is 0 Å². The van der Waals surface area contributed by atoms with Crippen molar-refractivity contribution in [2.45, 2.75) is 0 Å². The Morgan fingerprint density at radius 3 is 2.57 bits per heavy atom. The van der Waals surface area contributed by atoms with Gasteiger partial charge in [0.2, 0.25) is 6.79 Å². The van der Waals surface area contributed by atoms with Gasteiger partial charge in [-0.25, -0.2) is 0 Å². The summed E-state index contributed by atoms with van der Waals surface area (Å²) < 4.78 is 10.8. The number of anilines is 2. The molecule has 0 saturated carbocycles. The summed E-state index contributed by atoms with van der Waals surface area (Å²) in [5.74, 6) is 2.26. The van der Waals surface area contributed by atoms with Gasteiger partial charge in [0.15, 0.2) is 17.3 Å². The van der Waals surface area contributed by atoms with Crippen LogP contribution in [0.25, 0.3) is 11.3 Å². The zero-order valence-corrected chi connectivity index (χ0v) is 16.7. The van der Waals surface area contributed by atoms with Crippen molar-refractivity contribution in [2.24, 2.45) is 0 Å². The molecule has 8 heteroatoms. The minimum atomic E-state index is 0.0829. The van der Waals surface area contributed by atoms with E-state index < -0.39 is 0 Å². The smallest absolute Gasteiger partial charge is 0.253 e. The molecule has 1 aromatic heterocycles. The SMILES string of the molecule is CN1CCN(C(=O)c2ccc(Nc3cc(-c4ccc5c(c4)OCO5)[nH]n3)cc2)CC1. The van der Waals surface area contributed by atoms with Gasteiger partial charge in [-0.3, -0.25) is 9.89 Å². The number of carbonyl (C=O) groups is 1. The molecule has 2 N–H and O–H groups in total. The van der Waals surface area contributed by atoms with Crippen molar-refractivity contribution in [2.75, 3.05) is 45.3 Å². The van der Waals surface area contributed by atoms with Crippen LogP contribution >= 0.6 is 0 Å². The molecule has 154 valence electrons. The van der Waals surface area contributed by atoms with E-state index in [0.29, 0.717) is 11.4 Å². The number of H-pyrrole nitrogens is 1. The van der Waals surface area contributed by atoms with Crippen LogP contribution in [0, 0.1) is 0 Å². The molecule has 5 rings (SSSR count). The van der Waals surface area contributed by atoms with Crippen LogP contribution in [-0.4, -0.2) is 65.9 Å². The Labute approximate surface area is 174 Å². The number of nitrogens with zero attached hydrogens (tertiary/aromatic N) is 3. The predicted molar refractivity (Wildman–Crippen MR) is 113 cm³/mol. The number of nitrogens with one attached hydrogen (secondary N) is 2. The Bertz CT molecular complexity index is 1050. The van der Waals surface area contributed by atoms with Crippen LogP contribution < -0.4 is 14.8 Å². The van der Waals surface area contributed by atoms with E-state index in [2.05, 4.69) is 27.5 Å². The molecular weight excluding hydrogens is 382 g/mol. The van der Waals surface area contributed by atoms with Gasteiger partial charge in [-0.15, -0.1) is 0 Å². The minimum Gasteiger partial charge on any atom is -0.454 e. The fourth-order valence-corrected chi connectivity index (χ4v) is 3.63.